The topological polar surface area (TPSA) is 112 Å². The number of allylic oxidation sites excluding steroid dienone is 2. The lowest BCUT2D eigenvalue weighted by molar-refractivity contribution is -0.135. The molecule has 1 aromatic heterocycles. The zero-order valence-electron chi connectivity index (χ0n) is 15.7. The number of nitrogens with zero attached hydrogens (tertiary/aromatic N) is 2. The van der Waals surface area contributed by atoms with Gasteiger partial charge in [-0.15, -0.1) is 0 Å². The minimum Gasteiger partial charge on any atom is -0.504 e. The van der Waals surface area contributed by atoms with Crippen LogP contribution in [0.1, 0.15) is 52.8 Å². The molecule has 1 atom stereocenters. The number of carboxylic acid groups (broad SMARTS) is 1. The lowest BCUT2D eigenvalue weighted by Gasteiger charge is -2.22. The number of aliphatic carboxylic acids is 1. The zero-order chi connectivity index (χ0) is 20.1. The summed E-state index contributed by atoms with van der Waals surface area (Å²) in [5, 5.41) is 21.0. The molecule has 0 spiro atoms. The summed E-state index contributed by atoms with van der Waals surface area (Å²) in [5.41, 5.74) is 2.65. The average Bonchev–Trinajstić information content (AvgIpc) is 2.70. The van der Waals surface area contributed by atoms with Crippen LogP contribution in [0, 0.1) is 6.92 Å². The minimum absolute atomic E-state index is 0.192. The molecule has 1 aliphatic carbocycles. The fourth-order valence-electron chi connectivity index (χ4n) is 3.38. The summed E-state index contributed by atoms with van der Waals surface area (Å²) in [7, 11) is 0. The number of nitrogens with one attached hydrogen (secondary N) is 1. The van der Waals surface area contributed by atoms with Gasteiger partial charge in [0.2, 0.25) is 0 Å². The molecule has 0 bridgehead atoms. The number of aromatic nitrogens is 2. The van der Waals surface area contributed by atoms with E-state index in [1.54, 1.807) is 6.92 Å². The van der Waals surface area contributed by atoms with Crippen LogP contribution in [0.4, 0.5) is 0 Å². The molecule has 1 unspecified atom stereocenters. The van der Waals surface area contributed by atoms with Gasteiger partial charge in [0.1, 0.15) is 12.4 Å². The highest BCUT2D eigenvalue weighted by atomic mass is 16.4. The predicted molar refractivity (Wildman–Crippen MR) is 103 cm³/mol. The highest BCUT2D eigenvalue weighted by Crippen LogP contribution is 2.33. The maximum atomic E-state index is 12.1. The number of carbonyl (C=O) groups is 2. The number of benzene rings is 1. The Balaban J connectivity index is 1.71. The summed E-state index contributed by atoms with van der Waals surface area (Å²) < 4.78 is 0. The molecule has 1 amide bonds. The van der Waals surface area contributed by atoms with E-state index in [-0.39, 0.29) is 11.4 Å². The van der Waals surface area contributed by atoms with E-state index in [1.165, 1.54) is 11.1 Å². The van der Waals surface area contributed by atoms with Crippen LogP contribution in [0.5, 0.6) is 5.75 Å². The smallest absolute Gasteiger partial charge is 0.322 e. The van der Waals surface area contributed by atoms with E-state index in [0.29, 0.717) is 23.9 Å². The minimum atomic E-state index is -1.17. The third-order valence-corrected chi connectivity index (χ3v) is 4.88. The highest BCUT2D eigenvalue weighted by molar-refractivity contribution is 5.96. The molecule has 28 heavy (non-hydrogen) atoms. The van der Waals surface area contributed by atoms with Crippen molar-refractivity contribution in [2.45, 2.75) is 38.5 Å². The number of hydrogen-bond acceptors (Lipinski definition) is 5. The van der Waals surface area contributed by atoms with E-state index in [1.807, 2.05) is 6.07 Å². The van der Waals surface area contributed by atoms with Crippen molar-refractivity contribution in [2.24, 2.45) is 0 Å². The Kier molecular flexibility index (Phi) is 6.03. The van der Waals surface area contributed by atoms with Crippen LogP contribution in [0.3, 0.4) is 0 Å². The molecule has 1 aromatic carbocycles. The van der Waals surface area contributed by atoms with Gasteiger partial charge < -0.3 is 15.5 Å². The summed E-state index contributed by atoms with van der Waals surface area (Å²) in [6, 6.07) is 10.4. The highest BCUT2D eigenvalue weighted by Gasteiger charge is 2.21. The van der Waals surface area contributed by atoms with Crippen LogP contribution in [0.2, 0.25) is 0 Å². The summed E-state index contributed by atoms with van der Waals surface area (Å²) >= 11 is 0. The first-order chi connectivity index (χ1) is 13.4. The molecule has 1 heterocycles. The van der Waals surface area contributed by atoms with Crippen molar-refractivity contribution in [3.63, 3.8) is 0 Å². The third kappa shape index (κ3) is 4.73. The van der Waals surface area contributed by atoms with E-state index < -0.39 is 18.4 Å². The standard InChI is InChI=1S/C21H23N3O4/c1-13-20(27)19(21(28)22-12-18(25)26)24-17(23-13)11-14-7-9-16(10-8-14)15-5-3-2-4-6-15/h2-7,16,27H,8-12H2,1H3,(H,22,28)(H,25,26). The van der Waals surface area contributed by atoms with Gasteiger partial charge in [0.15, 0.2) is 11.4 Å². The molecule has 0 fully saturated rings. The van der Waals surface area contributed by atoms with Crippen LogP contribution in [-0.2, 0) is 11.2 Å². The van der Waals surface area contributed by atoms with Crippen molar-refractivity contribution in [3.05, 3.63) is 64.8 Å². The second-order valence-electron chi connectivity index (χ2n) is 6.92. The fraction of sp³-hybridized carbons (Fsp3) is 0.333. The zero-order valence-corrected chi connectivity index (χ0v) is 15.7. The van der Waals surface area contributed by atoms with Gasteiger partial charge in [-0.25, -0.2) is 9.97 Å². The quantitative estimate of drug-likeness (QED) is 0.663. The van der Waals surface area contributed by atoms with Crippen molar-refractivity contribution >= 4 is 11.9 Å². The molecular weight excluding hydrogens is 358 g/mol. The number of aromatic hydroxyl groups is 1. The van der Waals surface area contributed by atoms with Gasteiger partial charge in [0.25, 0.3) is 5.91 Å². The number of amides is 1. The molecular formula is C21H23N3O4. The average molecular weight is 381 g/mol. The monoisotopic (exact) mass is 381 g/mol. The summed E-state index contributed by atoms with van der Waals surface area (Å²) in [6.45, 7) is 1.05. The van der Waals surface area contributed by atoms with E-state index >= 15 is 0 Å². The first-order valence-corrected chi connectivity index (χ1v) is 9.23. The molecule has 2 aromatic rings. The molecule has 3 N–H and O–H groups in total. The molecule has 7 heteroatoms. The van der Waals surface area contributed by atoms with Gasteiger partial charge in [-0.05, 0) is 37.7 Å². The van der Waals surface area contributed by atoms with Crippen molar-refractivity contribution in [1.29, 1.82) is 0 Å². The van der Waals surface area contributed by atoms with Gasteiger partial charge in [-0.2, -0.15) is 0 Å². The maximum absolute atomic E-state index is 12.1. The largest absolute Gasteiger partial charge is 0.504 e. The normalized spacial score (nSPS) is 16.3. The van der Waals surface area contributed by atoms with Crippen LogP contribution < -0.4 is 5.32 Å². The molecule has 0 radical (unpaired) electrons. The predicted octanol–water partition coefficient (Wildman–Crippen LogP) is 2.74. The molecule has 0 aliphatic heterocycles. The molecule has 0 saturated carbocycles. The van der Waals surface area contributed by atoms with E-state index in [4.69, 9.17) is 5.11 Å². The Labute approximate surface area is 163 Å². The Hall–Kier alpha value is -3.22. The number of hydrogen-bond donors (Lipinski definition) is 3. The van der Waals surface area contributed by atoms with Gasteiger partial charge in [0, 0.05) is 6.42 Å². The van der Waals surface area contributed by atoms with Crippen LogP contribution in [0.25, 0.3) is 0 Å². The van der Waals surface area contributed by atoms with Gasteiger partial charge >= 0.3 is 5.97 Å². The number of rotatable bonds is 6. The van der Waals surface area contributed by atoms with E-state index in [9.17, 15) is 14.7 Å². The number of aryl methyl sites for hydroxylation is 1. The van der Waals surface area contributed by atoms with Crippen molar-refractivity contribution in [1.82, 2.24) is 15.3 Å². The second-order valence-corrected chi connectivity index (χ2v) is 6.92. The molecule has 1 aliphatic rings. The maximum Gasteiger partial charge on any atom is 0.322 e. The first kappa shape index (κ1) is 19.5. The SMILES string of the molecule is Cc1nc(CC2=CCC(c3ccccc3)CC2)nc(C(=O)NCC(=O)O)c1O. The van der Waals surface area contributed by atoms with E-state index in [0.717, 1.165) is 19.3 Å². The lowest BCUT2D eigenvalue weighted by atomic mass is 9.84. The van der Waals surface area contributed by atoms with E-state index in [2.05, 4.69) is 45.6 Å². The summed E-state index contributed by atoms with van der Waals surface area (Å²) in [6.07, 6.45) is 5.61. The lowest BCUT2D eigenvalue weighted by Crippen LogP contribution is -2.30. The van der Waals surface area contributed by atoms with Crippen molar-refractivity contribution < 1.29 is 19.8 Å². The Morgan fingerprint density at radius 3 is 2.61 bits per heavy atom. The van der Waals surface area contributed by atoms with Crippen LogP contribution in [0.15, 0.2) is 42.0 Å². The molecule has 0 saturated heterocycles. The molecule has 7 nitrogen and oxygen atoms in total. The second kappa shape index (κ2) is 8.65. The van der Waals surface area contributed by atoms with Gasteiger partial charge in [0.05, 0.1) is 5.69 Å². The fourth-order valence-corrected chi connectivity index (χ4v) is 3.38. The van der Waals surface area contributed by atoms with Crippen molar-refractivity contribution in [2.75, 3.05) is 6.54 Å². The summed E-state index contributed by atoms with van der Waals surface area (Å²) in [5.74, 6) is -1.27. The van der Waals surface area contributed by atoms with Crippen LogP contribution in [-0.4, -0.2) is 38.6 Å². The number of carbonyl (C=O) groups excluding carboxylic acids is 1. The van der Waals surface area contributed by atoms with Gasteiger partial charge in [-0.1, -0.05) is 42.0 Å². The summed E-state index contributed by atoms with van der Waals surface area (Å²) in [4.78, 5) is 31.2. The van der Waals surface area contributed by atoms with Gasteiger partial charge in [-0.3, -0.25) is 9.59 Å². The molecule has 146 valence electrons. The number of carboxylic acids is 1. The third-order valence-electron chi connectivity index (χ3n) is 4.88. The first-order valence-electron chi connectivity index (χ1n) is 9.23. The Morgan fingerprint density at radius 2 is 1.96 bits per heavy atom. The Bertz CT molecular complexity index is 909. The van der Waals surface area contributed by atoms with Crippen LogP contribution >= 0.6 is 0 Å². The Morgan fingerprint density at radius 1 is 1.21 bits per heavy atom. The van der Waals surface area contributed by atoms with Crippen molar-refractivity contribution in [3.8, 4) is 5.75 Å². The molecule has 3 rings (SSSR count).